The summed E-state index contributed by atoms with van der Waals surface area (Å²) in [5, 5.41) is 0. The Labute approximate surface area is 155 Å². The van der Waals surface area contributed by atoms with E-state index in [9.17, 15) is 0 Å². The van der Waals surface area contributed by atoms with Gasteiger partial charge in [0, 0.05) is 6.54 Å². The van der Waals surface area contributed by atoms with Crippen LogP contribution in [0.2, 0.25) is 0 Å². The van der Waals surface area contributed by atoms with Crippen LogP contribution in [-0.4, -0.2) is 24.1 Å². The molecule has 23 heavy (non-hydrogen) atoms. The van der Waals surface area contributed by atoms with E-state index in [1.165, 1.54) is 5.56 Å². The molecule has 2 aromatic carbocycles. The molecule has 0 aromatic heterocycles. The van der Waals surface area contributed by atoms with E-state index in [0.29, 0.717) is 6.61 Å². The second-order valence-corrected chi connectivity index (χ2v) is 5.75. The van der Waals surface area contributed by atoms with E-state index in [0.717, 1.165) is 18.8 Å². The van der Waals surface area contributed by atoms with Crippen LogP contribution in [0, 0.1) is 19.8 Å². The van der Waals surface area contributed by atoms with Gasteiger partial charge in [0.2, 0.25) is 0 Å². The Bertz CT molecular complexity index is 530. The van der Waals surface area contributed by atoms with Crippen molar-refractivity contribution in [3.8, 4) is 5.75 Å². The quantitative estimate of drug-likeness (QED) is 0.526. The molecule has 0 aliphatic heterocycles. The average molecular weight is 479 g/mol. The minimum atomic E-state index is 0. The molecule has 2 aromatic rings. The Morgan fingerprint density at radius 2 is 1.52 bits per heavy atom. The zero-order chi connectivity index (χ0) is 15.8. The van der Waals surface area contributed by atoms with Gasteiger partial charge in [-0.3, -0.25) is 0 Å². The van der Waals surface area contributed by atoms with Gasteiger partial charge in [0.15, 0.2) is 0 Å². The van der Waals surface area contributed by atoms with Gasteiger partial charge in [0.05, 0.1) is 6.61 Å². The van der Waals surface area contributed by atoms with Gasteiger partial charge in [-0.1, -0.05) is 55.5 Å². The van der Waals surface area contributed by atoms with E-state index in [4.69, 9.17) is 4.74 Å². The normalized spacial score (nSPS) is 13.2. The maximum atomic E-state index is 5.79. The molecular formula is C20H25NOW. The van der Waals surface area contributed by atoms with Crippen LogP contribution in [0.4, 0.5) is 0 Å². The number of para-hydroxylation sites is 1. The van der Waals surface area contributed by atoms with Crippen molar-refractivity contribution in [3.05, 3.63) is 80.1 Å². The fraction of sp³-hybridized carbons (Fsp3) is 0.300. The monoisotopic (exact) mass is 479 g/mol. The molecule has 0 aliphatic rings. The summed E-state index contributed by atoms with van der Waals surface area (Å²) in [6, 6.07) is 20.6. The van der Waals surface area contributed by atoms with E-state index in [1.54, 1.807) is 0 Å². The average Bonchev–Trinajstić information content (AvgIpc) is 2.54. The fourth-order valence-electron chi connectivity index (χ4n) is 2.33. The van der Waals surface area contributed by atoms with Crippen molar-refractivity contribution >= 4 is 0 Å². The SMILES string of the molecule is [CH2-]C(COc1ccccc1)CN(Cc1ccccc1)C([CH2-])C.[W+2]. The zero-order valence-corrected chi connectivity index (χ0v) is 16.7. The molecule has 0 aliphatic carbocycles. The molecule has 122 valence electrons. The van der Waals surface area contributed by atoms with E-state index in [2.05, 4.69) is 49.9 Å². The zero-order valence-electron chi connectivity index (χ0n) is 13.7. The van der Waals surface area contributed by atoms with Crippen LogP contribution in [0.1, 0.15) is 12.5 Å². The number of hydrogen-bond acceptors (Lipinski definition) is 2. The number of rotatable bonds is 8. The Balaban J connectivity index is 0.00000264. The standard InChI is InChI=1S/C20H25NO.W/c1-17(2)21(15-19-10-6-4-7-11-19)14-18(3)16-22-20-12-8-5-9-13-20;/h4-13,17-18H,1,3,14-16H2,2H3;/q-2;+2. The molecule has 0 bridgehead atoms. The minimum Gasteiger partial charge on any atom is -0.496 e. The maximum absolute atomic E-state index is 5.79. The van der Waals surface area contributed by atoms with Crippen molar-refractivity contribution in [1.82, 2.24) is 4.90 Å². The first-order valence-electron chi connectivity index (χ1n) is 7.77. The molecule has 0 saturated heterocycles. The van der Waals surface area contributed by atoms with Crippen molar-refractivity contribution in [1.29, 1.82) is 0 Å². The van der Waals surface area contributed by atoms with Crippen LogP contribution >= 0.6 is 0 Å². The molecule has 2 atom stereocenters. The van der Waals surface area contributed by atoms with E-state index >= 15 is 0 Å². The van der Waals surface area contributed by atoms with Crippen molar-refractivity contribution in [3.63, 3.8) is 0 Å². The Hall–Kier alpha value is -1.11. The number of hydrogen-bond donors (Lipinski definition) is 0. The maximum Gasteiger partial charge on any atom is 2.00 e. The molecule has 0 spiro atoms. The van der Waals surface area contributed by atoms with E-state index in [1.807, 2.05) is 36.4 Å². The van der Waals surface area contributed by atoms with Gasteiger partial charge in [-0.05, 0) is 24.2 Å². The minimum absolute atomic E-state index is 0. The van der Waals surface area contributed by atoms with Crippen molar-refractivity contribution < 1.29 is 25.8 Å². The van der Waals surface area contributed by atoms with Gasteiger partial charge in [-0.25, -0.2) is 0 Å². The van der Waals surface area contributed by atoms with Gasteiger partial charge >= 0.3 is 21.1 Å². The summed E-state index contributed by atoms with van der Waals surface area (Å²) < 4.78 is 5.79. The Morgan fingerprint density at radius 1 is 0.957 bits per heavy atom. The molecule has 0 radical (unpaired) electrons. The fourth-order valence-corrected chi connectivity index (χ4v) is 2.33. The van der Waals surface area contributed by atoms with Gasteiger partial charge in [0.25, 0.3) is 0 Å². The van der Waals surface area contributed by atoms with Crippen LogP contribution in [0.3, 0.4) is 0 Å². The van der Waals surface area contributed by atoms with Crippen LogP contribution in [-0.2, 0) is 27.6 Å². The summed E-state index contributed by atoms with van der Waals surface area (Å²) in [6.45, 7) is 12.9. The van der Waals surface area contributed by atoms with E-state index < -0.39 is 0 Å². The van der Waals surface area contributed by atoms with Gasteiger partial charge in [0.1, 0.15) is 5.75 Å². The van der Waals surface area contributed by atoms with Gasteiger partial charge in [-0.15, -0.1) is 12.0 Å². The first-order chi connectivity index (χ1) is 10.6. The molecule has 0 heterocycles. The summed E-state index contributed by atoms with van der Waals surface area (Å²) in [6.07, 6.45) is 0. The van der Waals surface area contributed by atoms with Crippen molar-refractivity contribution in [2.75, 3.05) is 13.2 Å². The summed E-state index contributed by atoms with van der Waals surface area (Å²) in [4.78, 5) is 2.33. The predicted molar refractivity (Wildman–Crippen MR) is 92.5 cm³/mol. The van der Waals surface area contributed by atoms with Crippen LogP contribution in [0.5, 0.6) is 5.75 Å². The summed E-state index contributed by atoms with van der Waals surface area (Å²) >= 11 is 0. The Kier molecular flexibility index (Phi) is 9.21. The molecule has 2 nitrogen and oxygen atoms in total. The second-order valence-electron chi connectivity index (χ2n) is 5.75. The summed E-state index contributed by atoms with van der Waals surface area (Å²) in [5.41, 5.74) is 1.30. The molecule has 2 rings (SSSR count). The second kappa shape index (κ2) is 10.6. The number of benzene rings is 2. The van der Waals surface area contributed by atoms with Crippen LogP contribution < -0.4 is 4.74 Å². The van der Waals surface area contributed by atoms with Crippen LogP contribution in [0.25, 0.3) is 0 Å². The molecular weight excluding hydrogens is 454 g/mol. The number of ether oxygens (including phenoxy) is 1. The molecule has 2 unspecified atom stereocenters. The number of nitrogens with zero attached hydrogens (tertiary/aromatic N) is 1. The smallest absolute Gasteiger partial charge is 0.496 e. The topological polar surface area (TPSA) is 12.5 Å². The first kappa shape index (κ1) is 19.9. The van der Waals surface area contributed by atoms with Crippen LogP contribution in [0.15, 0.2) is 60.7 Å². The third-order valence-electron chi connectivity index (χ3n) is 3.57. The predicted octanol–water partition coefficient (Wildman–Crippen LogP) is 4.24. The molecule has 3 heteroatoms. The summed E-state index contributed by atoms with van der Waals surface area (Å²) in [7, 11) is 0. The molecule has 0 fully saturated rings. The Morgan fingerprint density at radius 3 is 2.09 bits per heavy atom. The van der Waals surface area contributed by atoms with Gasteiger partial charge < -0.3 is 23.5 Å². The summed E-state index contributed by atoms with van der Waals surface area (Å²) in [5.74, 6) is 1.10. The molecule has 0 amide bonds. The van der Waals surface area contributed by atoms with Gasteiger partial charge in [-0.2, -0.15) is 0 Å². The molecule has 0 N–H and O–H groups in total. The third-order valence-corrected chi connectivity index (χ3v) is 3.57. The first-order valence-corrected chi connectivity index (χ1v) is 7.77. The van der Waals surface area contributed by atoms with Crippen molar-refractivity contribution in [2.24, 2.45) is 5.92 Å². The molecule has 0 saturated carbocycles. The largest absolute Gasteiger partial charge is 2.00 e. The van der Waals surface area contributed by atoms with Crippen molar-refractivity contribution in [2.45, 2.75) is 19.5 Å². The third kappa shape index (κ3) is 7.33. The van der Waals surface area contributed by atoms with E-state index in [-0.39, 0.29) is 33.0 Å².